The van der Waals surface area contributed by atoms with Gasteiger partial charge in [0.1, 0.15) is 22.2 Å². The summed E-state index contributed by atoms with van der Waals surface area (Å²) in [6, 6.07) is 4.49. The summed E-state index contributed by atoms with van der Waals surface area (Å²) in [4.78, 5) is 11.1. The molecule has 0 aromatic heterocycles. The van der Waals surface area contributed by atoms with E-state index in [1.165, 1.54) is 40.2 Å². The lowest BCUT2D eigenvalue weighted by molar-refractivity contribution is -0.116. The maximum atomic E-state index is 12.4. The maximum absolute atomic E-state index is 12.4. The van der Waals surface area contributed by atoms with Crippen molar-refractivity contribution in [3.63, 3.8) is 0 Å². The zero-order chi connectivity index (χ0) is 14.6. The molecule has 5 nitrogen and oxygen atoms in total. The van der Waals surface area contributed by atoms with E-state index < -0.39 is 15.1 Å². The number of Topliss-reactive ketones (excluding diaryl/α,β-unsaturated/α-hetero) is 1. The maximum Gasteiger partial charge on any atom is 0.185 e. The molecular weight excluding hydrogens is 268 g/mol. The third-order valence-electron chi connectivity index (χ3n) is 2.78. The minimum Gasteiger partial charge on any atom is -0.497 e. The van der Waals surface area contributed by atoms with Crippen LogP contribution in [0.5, 0.6) is 11.5 Å². The van der Waals surface area contributed by atoms with Crippen molar-refractivity contribution >= 4 is 15.6 Å². The highest BCUT2D eigenvalue weighted by Gasteiger charge is 2.27. The van der Waals surface area contributed by atoms with Gasteiger partial charge < -0.3 is 9.47 Å². The first-order chi connectivity index (χ1) is 8.82. The molecule has 106 valence electrons. The van der Waals surface area contributed by atoms with Crippen molar-refractivity contribution in [2.75, 3.05) is 14.2 Å². The van der Waals surface area contributed by atoms with Crippen molar-refractivity contribution in [1.82, 2.24) is 0 Å². The van der Waals surface area contributed by atoms with Crippen LogP contribution in [0.15, 0.2) is 23.1 Å². The normalized spacial score (nSPS) is 12.8. The average molecular weight is 286 g/mol. The van der Waals surface area contributed by atoms with Crippen LogP contribution in [-0.4, -0.2) is 33.7 Å². The van der Waals surface area contributed by atoms with Crippen LogP contribution in [0, 0.1) is 0 Å². The quantitative estimate of drug-likeness (QED) is 0.798. The summed E-state index contributed by atoms with van der Waals surface area (Å²) in [5.41, 5.74) is 0. The Hall–Kier alpha value is -1.56. The van der Waals surface area contributed by atoms with Gasteiger partial charge in [0.15, 0.2) is 9.84 Å². The van der Waals surface area contributed by atoms with E-state index >= 15 is 0 Å². The van der Waals surface area contributed by atoms with Crippen molar-refractivity contribution in [3.05, 3.63) is 18.2 Å². The first kappa shape index (κ1) is 15.5. The van der Waals surface area contributed by atoms with Crippen LogP contribution in [0.25, 0.3) is 0 Å². The number of carbonyl (C=O) groups excluding carboxylic acids is 1. The number of rotatable bonds is 6. The molecule has 0 bridgehead atoms. The molecule has 0 aliphatic heterocycles. The minimum atomic E-state index is -3.60. The van der Waals surface area contributed by atoms with E-state index in [-0.39, 0.29) is 22.8 Å². The van der Waals surface area contributed by atoms with Gasteiger partial charge in [-0.25, -0.2) is 8.42 Å². The first-order valence-electron chi connectivity index (χ1n) is 5.78. The SMILES string of the molecule is COc1ccc(S(=O)(=O)C(C)CC(C)=O)c(OC)c1. The summed E-state index contributed by atoms with van der Waals surface area (Å²) < 4.78 is 34.9. The van der Waals surface area contributed by atoms with Gasteiger partial charge in [-0.3, -0.25) is 4.79 Å². The topological polar surface area (TPSA) is 69.7 Å². The first-order valence-corrected chi connectivity index (χ1v) is 7.33. The second-order valence-electron chi connectivity index (χ2n) is 4.28. The molecule has 1 rings (SSSR count). The predicted octanol–water partition coefficient (Wildman–Crippen LogP) is 1.85. The molecule has 0 N–H and O–H groups in total. The Kier molecular flexibility index (Phi) is 4.94. The summed E-state index contributed by atoms with van der Waals surface area (Å²) in [6.45, 7) is 2.89. The second-order valence-corrected chi connectivity index (χ2v) is 6.61. The number of ether oxygens (including phenoxy) is 2. The lowest BCUT2D eigenvalue weighted by Crippen LogP contribution is -2.21. The number of carbonyl (C=O) groups is 1. The van der Waals surface area contributed by atoms with Gasteiger partial charge in [-0.2, -0.15) is 0 Å². The number of methoxy groups -OCH3 is 2. The fourth-order valence-electron chi connectivity index (χ4n) is 1.74. The molecule has 1 aromatic carbocycles. The van der Waals surface area contributed by atoms with Gasteiger partial charge in [0.25, 0.3) is 0 Å². The van der Waals surface area contributed by atoms with E-state index in [9.17, 15) is 13.2 Å². The van der Waals surface area contributed by atoms with Crippen molar-refractivity contribution in [3.8, 4) is 11.5 Å². The van der Waals surface area contributed by atoms with E-state index in [2.05, 4.69) is 0 Å². The minimum absolute atomic E-state index is 0.0164. The van der Waals surface area contributed by atoms with E-state index in [1.54, 1.807) is 6.07 Å². The molecule has 19 heavy (non-hydrogen) atoms. The standard InChI is InChI=1S/C13H18O5S/c1-9(14)7-10(2)19(15,16)13-6-5-11(17-3)8-12(13)18-4/h5-6,8,10H,7H2,1-4H3. The van der Waals surface area contributed by atoms with Crippen LogP contribution in [-0.2, 0) is 14.6 Å². The Balaban J connectivity index is 3.24. The summed E-state index contributed by atoms with van der Waals surface area (Å²) in [7, 11) is -0.723. The second kappa shape index (κ2) is 6.06. The fraction of sp³-hybridized carbons (Fsp3) is 0.462. The predicted molar refractivity (Wildman–Crippen MR) is 71.5 cm³/mol. The molecule has 0 heterocycles. The van der Waals surface area contributed by atoms with Gasteiger partial charge in [0, 0.05) is 12.5 Å². The van der Waals surface area contributed by atoms with Crippen LogP contribution in [0.3, 0.4) is 0 Å². The van der Waals surface area contributed by atoms with Gasteiger partial charge >= 0.3 is 0 Å². The van der Waals surface area contributed by atoms with E-state index in [1.807, 2.05) is 0 Å². The zero-order valence-corrected chi connectivity index (χ0v) is 12.3. The van der Waals surface area contributed by atoms with Crippen molar-refractivity contribution in [1.29, 1.82) is 0 Å². The van der Waals surface area contributed by atoms with Crippen LogP contribution < -0.4 is 9.47 Å². The lowest BCUT2D eigenvalue weighted by Gasteiger charge is -2.15. The summed E-state index contributed by atoms with van der Waals surface area (Å²) in [5.74, 6) is 0.563. The molecule has 0 spiro atoms. The van der Waals surface area contributed by atoms with Crippen LogP contribution in [0.1, 0.15) is 20.3 Å². The van der Waals surface area contributed by atoms with Crippen molar-refractivity contribution in [2.45, 2.75) is 30.4 Å². The van der Waals surface area contributed by atoms with Gasteiger partial charge in [0.2, 0.25) is 0 Å². The Morgan fingerprint density at radius 1 is 1.26 bits per heavy atom. The number of ketones is 1. The van der Waals surface area contributed by atoms with Gasteiger partial charge in [-0.05, 0) is 26.0 Å². The fourth-order valence-corrected chi connectivity index (χ4v) is 3.31. The van der Waals surface area contributed by atoms with Gasteiger partial charge in [0.05, 0.1) is 19.5 Å². The molecule has 0 aliphatic carbocycles. The Labute approximate surface area is 113 Å². The Morgan fingerprint density at radius 3 is 2.37 bits per heavy atom. The van der Waals surface area contributed by atoms with Gasteiger partial charge in [-0.15, -0.1) is 0 Å². The molecule has 0 fully saturated rings. The van der Waals surface area contributed by atoms with E-state index in [0.29, 0.717) is 5.75 Å². The van der Waals surface area contributed by atoms with Crippen LogP contribution in [0.2, 0.25) is 0 Å². The summed E-state index contributed by atoms with van der Waals surface area (Å²) in [6.07, 6.45) is -0.0164. The zero-order valence-electron chi connectivity index (χ0n) is 11.5. The molecule has 1 aromatic rings. The third kappa shape index (κ3) is 3.47. The van der Waals surface area contributed by atoms with E-state index in [0.717, 1.165) is 0 Å². The molecule has 0 amide bonds. The highest BCUT2D eigenvalue weighted by atomic mass is 32.2. The summed E-state index contributed by atoms with van der Waals surface area (Å²) in [5, 5.41) is -0.785. The number of benzene rings is 1. The molecule has 0 saturated heterocycles. The van der Waals surface area contributed by atoms with Crippen LogP contribution >= 0.6 is 0 Å². The highest BCUT2D eigenvalue weighted by Crippen LogP contribution is 2.31. The van der Waals surface area contributed by atoms with Crippen LogP contribution in [0.4, 0.5) is 0 Å². The molecule has 0 aliphatic rings. The number of sulfone groups is 1. The van der Waals surface area contributed by atoms with E-state index in [4.69, 9.17) is 9.47 Å². The van der Waals surface area contributed by atoms with Crippen molar-refractivity contribution < 1.29 is 22.7 Å². The molecule has 0 radical (unpaired) electrons. The monoisotopic (exact) mass is 286 g/mol. The van der Waals surface area contributed by atoms with Gasteiger partial charge in [-0.1, -0.05) is 0 Å². The molecule has 6 heteroatoms. The Morgan fingerprint density at radius 2 is 1.89 bits per heavy atom. The largest absolute Gasteiger partial charge is 0.497 e. The molecule has 0 saturated carbocycles. The summed E-state index contributed by atoms with van der Waals surface area (Å²) >= 11 is 0. The lowest BCUT2D eigenvalue weighted by atomic mass is 10.2. The Bertz CT molecular complexity index is 562. The molecule has 1 unspecified atom stereocenters. The molecular formula is C13H18O5S. The third-order valence-corrected chi connectivity index (χ3v) is 4.96. The average Bonchev–Trinajstić information content (AvgIpc) is 2.36. The highest BCUT2D eigenvalue weighted by molar-refractivity contribution is 7.92. The smallest absolute Gasteiger partial charge is 0.185 e. The molecule has 1 atom stereocenters. The number of hydrogen-bond donors (Lipinski definition) is 0. The van der Waals surface area contributed by atoms with Crippen molar-refractivity contribution in [2.24, 2.45) is 0 Å². The number of hydrogen-bond acceptors (Lipinski definition) is 5.